The molecule has 0 aromatic carbocycles. The van der Waals surface area contributed by atoms with E-state index in [2.05, 4.69) is 29.2 Å². The van der Waals surface area contributed by atoms with Crippen molar-refractivity contribution in [1.82, 2.24) is 14.8 Å². The Balaban J connectivity index is 1.43. The topological polar surface area (TPSA) is 97.1 Å². The summed E-state index contributed by atoms with van der Waals surface area (Å²) in [5.41, 5.74) is -0.398. The number of Topliss-reactive ketones (excluding diaryl/α,β-unsaturated/α-hetero) is 1. The van der Waals surface area contributed by atoms with Crippen LogP contribution >= 0.6 is 11.6 Å². The standard InChI is InChI=1S/C24H30ClFN4O3/c1-13(14-5-6-27-20(26)8-14)7-16(31)12-30-22(32)21(25)17(11-28-30)29-19-10-15-9-18(23(15,2)3)24(19,4)33/h5-6,8,11,13,15,18-19,29,33H,7,9-10,12H2,1-4H3/t13?,15-,18-,19+,24-/m0/s1. The summed E-state index contributed by atoms with van der Waals surface area (Å²) in [6.07, 6.45) is 4.69. The molecule has 0 radical (unpaired) electrons. The van der Waals surface area contributed by atoms with Crippen molar-refractivity contribution in [3.8, 4) is 0 Å². The molecule has 1 unspecified atom stereocenters. The van der Waals surface area contributed by atoms with Crippen LogP contribution in [0.3, 0.4) is 0 Å². The fraction of sp³-hybridized carbons (Fsp3) is 0.583. The van der Waals surface area contributed by atoms with Crippen LogP contribution in [0.15, 0.2) is 29.3 Å². The van der Waals surface area contributed by atoms with Crippen molar-refractivity contribution in [2.24, 2.45) is 17.3 Å². The molecule has 5 atom stereocenters. The molecular formula is C24H30ClFN4O3. The second kappa shape index (κ2) is 8.47. The Bertz CT molecular complexity index is 1130. The van der Waals surface area contributed by atoms with Crippen molar-refractivity contribution in [3.63, 3.8) is 0 Å². The number of hydrogen-bond donors (Lipinski definition) is 2. The van der Waals surface area contributed by atoms with E-state index in [1.807, 2.05) is 13.8 Å². The Morgan fingerprint density at radius 2 is 2.12 bits per heavy atom. The predicted octanol–water partition coefficient (Wildman–Crippen LogP) is 3.79. The minimum Gasteiger partial charge on any atom is -0.388 e. The van der Waals surface area contributed by atoms with Crippen LogP contribution in [0, 0.1) is 23.2 Å². The fourth-order valence-electron chi connectivity index (χ4n) is 5.66. The van der Waals surface area contributed by atoms with Gasteiger partial charge in [-0.3, -0.25) is 9.59 Å². The maximum absolute atomic E-state index is 13.3. The number of anilines is 1. The lowest BCUT2D eigenvalue weighted by Crippen LogP contribution is -2.68. The molecule has 5 rings (SSSR count). The molecule has 0 spiro atoms. The second-order valence-electron chi connectivity index (χ2n) is 10.4. The van der Waals surface area contributed by atoms with Crippen LogP contribution in [0.2, 0.25) is 5.02 Å². The predicted molar refractivity (Wildman–Crippen MR) is 124 cm³/mol. The van der Waals surface area contributed by atoms with Gasteiger partial charge < -0.3 is 10.4 Å². The lowest BCUT2D eigenvalue weighted by Gasteiger charge is -2.65. The number of nitrogens with one attached hydrogen (secondary N) is 1. The van der Waals surface area contributed by atoms with E-state index in [-0.39, 0.29) is 47.1 Å². The second-order valence-corrected chi connectivity index (χ2v) is 10.7. The maximum atomic E-state index is 13.3. The zero-order valence-corrected chi connectivity index (χ0v) is 20.1. The van der Waals surface area contributed by atoms with Crippen LogP contribution in [0.25, 0.3) is 0 Å². The van der Waals surface area contributed by atoms with Gasteiger partial charge >= 0.3 is 0 Å². The highest BCUT2D eigenvalue weighted by Gasteiger charge is 2.62. The summed E-state index contributed by atoms with van der Waals surface area (Å²) < 4.78 is 14.4. The Hall–Kier alpha value is -2.32. The smallest absolute Gasteiger partial charge is 0.288 e. The summed E-state index contributed by atoms with van der Waals surface area (Å²) >= 11 is 6.34. The van der Waals surface area contributed by atoms with Gasteiger partial charge in [-0.25, -0.2) is 9.67 Å². The molecule has 3 aliphatic carbocycles. The number of aromatic nitrogens is 3. The third-order valence-electron chi connectivity index (χ3n) is 7.90. The van der Waals surface area contributed by atoms with Crippen LogP contribution in [0.1, 0.15) is 58.4 Å². The average Bonchev–Trinajstić information content (AvgIpc) is 2.73. The Kier molecular flexibility index (Phi) is 6.12. The molecule has 2 bridgehead atoms. The molecular weight excluding hydrogens is 447 g/mol. The van der Waals surface area contributed by atoms with Gasteiger partial charge in [0.25, 0.3) is 5.56 Å². The summed E-state index contributed by atoms with van der Waals surface area (Å²) in [6.45, 7) is 7.80. The largest absolute Gasteiger partial charge is 0.388 e. The third-order valence-corrected chi connectivity index (χ3v) is 8.26. The van der Waals surface area contributed by atoms with Gasteiger partial charge in [0.2, 0.25) is 5.95 Å². The summed E-state index contributed by atoms with van der Waals surface area (Å²) in [7, 11) is 0. The number of hydrogen-bond acceptors (Lipinski definition) is 6. The van der Waals surface area contributed by atoms with Crippen LogP contribution in [0.5, 0.6) is 0 Å². The molecule has 0 amide bonds. The van der Waals surface area contributed by atoms with E-state index in [0.717, 1.165) is 17.5 Å². The number of nitrogens with zero attached hydrogens (tertiary/aromatic N) is 3. The lowest BCUT2D eigenvalue weighted by molar-refractivity contribution is -0.199. The molecule has 3 fully saturated rings. The first kappa shape index (κ1) is 23.8. The quantitative estimate of drug-likeness (QED) is 0.590. The molecule has 2 N–H and O–H groups in total. The van der Waals surface area contributed by atoms with Crippen molar-refractivity contribution in [2.45, 2.75) is 71.1 Å². The molecule has 2 aromatic heterocycles. The van der Waals surface area contributed by atoms with Gasteiger partial charge in [-0.05, 0) is 60.6 Å². The lowest BCUT2D eigenvalue weighted by atomic mass is 9.43. The van der Waals surface area contributed by atoms with E-state index in [1.54, 1.807) is 6.07 Å². The molecule has 3 aliphatic rings. The number of halogens is 2. The molecule has 2 heterocycles. The number of fused-ring (bicyclic) bond motifs is 2. The van der Waals surface area contributed by atoms with E-state index in [1.165, 1.54) is 18.5 Å². The number of rotatable bonds is 7. The maximum Gasteiger partial charge on any atom is 0.288 e. The Morgan fingerprint density at radius 1 is 1.39 bits per heavy atom. The van der Waals surface area contributed by atoms with Crippen LogP contribution in [-0.2, 0) is 11.3 Å². The zero-order valence-electron chi connectivity index (χ0n) is 19.3. The van der Waals surface area contributed by atoms with E-state index in [4.69, 9.17) is 11.6 Å². The highest BCUT2D eigenvalue weighted by atomic mass is 35.5. The van der Waals surface area contributed by atoms with Crippen LogP contribution in [-0.4, -0.2) is 37.3 Å². The number of pyridine rings is 1. The zero-order chi connectivity index (χ0) is 24.1. The third kappa shape index (κ3) is 4.30. The summed E-state index contributed by atoms with van der Waals surface area (Å²) in [4.78, 5) is 28.8. The highest BCUT2D eigenvalue weighted by molar-refractivity contribution is 6.32. The van der Waals surface area contributed by atoms with Gasteiger partial charge in [0, 0.05) is 12.6 Å². The number of aliphatic hydroxyl groups is 1. The van der Waals surface area contributed by atoms with Crippen LogP contribution < -0.4 is 10.9 Å². The van der Waals surface area contributed by atoms with E-state index >= 15 is 0 Å². The van der Waals surface area contributed by atoms with Gasteiger partial charge in [-0.15, -0.1) is 0 Å². The first-order valence-corrected chi connectivity index (χ1v) is 11.7. The molecule has 0 aliphatic heterocycles. The van der Waals surface area contributed by atoms with Gasteiger partial charge in [-0.1, -0.05) is 32.4 Å². The summed E-state index contributed by atoms with van der Waals surface area (Å²) in [6, 6.07) is 2.71. The average molecular weight is 477 g/mol. The molecule has 0 saturated heterocycles. The Morgan fingerprint density at radius 3 is 2.76 bits per heavy atom. The number of carbonyl (C=O) groups is 1. The minimum absolute atomic E-state index is 0.0589. The van der Waals surface area contributed by atoms with Crippen molar-refractivity contribution in [2.75, 3.05) is 5.32 Å². The van der Waals surface area contributed by atoms with Crippen molar-refractivity contribution in [1.29, 1.82) is 0 Å². The Labute approximate surface area is 197 Å². The SMILES string of the molecule is CC(CC(=O)Cn1ncc(N[C@@H]2C[C@@H]3C[C@@H](C3(C)C)[C@]2(C)O)c(Cl)c1=O)c1ccnc(F)c1. The molecule has 3 saturated carbocycles. The minimum atomic E-state index is -0.936. The van der Waals surface area contributed by atoms with Crippen LogP contribution in [0.4, 0.5) is 10.1 Å². The van der Waals surface area contributed by atoms with E-state index in [9.17, 15) is 19.1 Å². The number of ketones is 1. The van der Waals surface area contributed by atoms with Gasteiger partial charge in [0.05, 0.1) is 23.5 Å². The highest BCUT2D eigenvalue weighted by Crippen LogP contribution is 2.63. The first-order valence-electron chi connectivity index (χ1n) is 11.3. The monoisotopic (exact) mass is 476 g/mol. The van der Waals surface area contributed by atoms with Crippen molar-refractivity contribution < 1.29 is 14.3 Å². The molecule has 9 heteroatoms. The molecule has 7 nitrogen and oxygen atoms in total. The van der Waals surface area contributed by atoms with Gasteiger partial charge in [-0.2, -0.15) is 9.49 Å². The normalized spacial score (nSPS) is 28.6. The summed E-state index contributed by atoms with van der Waals surface area (Å²) in [5.74, 6) is -0.380. The molecule has 2 aromatic rings. The van der Waals surface area contributed by atoms with E-state index in [0.29, 0.717) is 17.2 Å². The van der Waals surface area contributed by atoms with Crippen molar-refractivity contribution in [3.05, 3.63) is 51.4 Å². The number of carbonyl (C=O) groups excluding carboxylic acids is 1. The van der Waals surface area contributed by atoms with Gasteiger partial charge in [0.15, 0.2) is 5.78 Å². The fourth-order valence-corrected chi connectivity index (χ4v) is 5.86. The summed E-state index contributed by atoms with van der Waals surface area (Å²) in [5, 5.41) is 18.5. The van der Waals surface area contributed by atoms with Crippen molar-refractivity contribution >= 4 is 23.1 Å². The molecule has 33 heavy (non-hydrogen) atoms. The first-order chi connectivity index (χ1) is 15.4. The van der Waals surface area contributed by atoms with Gasteiger partial charge in [0.1, 0.15) is 11.6 Å². The molecule has 178 valence electrons. The van der Waals surface area contributed by atoms with E-state index < -0.39 is 17.1 Å².